The summed E-state index contributed by atoms with van der Waals surface area (Å²) in [7, 11) is 0. The smallest absolute Gasteiger partial charge is 0.461 e. The molecule has 4 aromatic rings. The predicted octanol–water partition coefficient (Wildman–Crippen LogP) is 5.16. The minimum absolute atomic E-state index is 0.00389. The van der Waals surface area contributed by atoms with Gasteiger partial charge in [0.1, 0.15) is 5.75 Å². The van der Waals surface area contributed by atoms with Crippen LogP contribution in [0, 0.1) is 0 Å². The molecule has 2 aromatic heterocycles. The number of para-hydroxylation sites is 1. The maximum atomic E-state index is 12.4. The molecule has 164 valence electrons. The van der Waals surface area contributed by atoms with E-state index in [1.165, 1.54) is 18.4 Å². The highest BCUT2D eigenvalue weighted by molar-refractivity contribution is 7.99. The summed E-state index contributed by atoms with van der Waals surface area (Å²) < 4.78 is 47.8. The molecule has 1 amide bonds. The summed E-state index contributed by atoms with van der Waals surface area (Å²) in [6, 6.07) is 17.8. The number of halogens is 3. The van der Waals surface area contributed by atoms with Crippen molar-refractivity contribution in [2.75, 3.05) is 11.1 Å². The Labute approximate surface area is 184 Å². The molecule has 1 N–H and O–H groups in total. The minimum atomic E-state index is -4.77. The second-order valence-corrected chi connectivity index (χ2v) is 7.31. The second-order valence-electron chi connectivity index (χ2n) is 6.36. The number of thioether (sulfide) groups is 1. The number of hydrogen-bond acceptors (Lipinski definition) is 6. The van der Waals surface area contributed by atoms with Gasteiger partial charge in [-0.1, -0.05) is 30.0 Å². The number of carbonyl (C=O) groups is 1. The normalized spacial score (nSPS) is 11.3. The molecule has 0 spiro atoms. The number of nitrogens with zero attached hydrogens (tertiary/aromatic N) is 3. The number of furan rings is 1. The van der Waals surface area contributed by atoms with Crippen molar-refractivity contribution in [2.24, 2.45) is 0 Å². The Morgan fingerprint density at radius 3 is 2.44 bits per heavy atom. The number of benzene rings is 2. The molecule has 0 radical (unpaired) electrons. The van der Waals surface area contributed by atoms with Crippen LogP contribution in [0.3, 0.4) is 0 Å². The third-order valence-corrected chi connectivity index (χ3v) is 5.02. The SMILES string of the molecule is O=C(CSc1nnc(-c2ccco2)n1-c1ccccc1)Nc1ccc(OC(F)(F)F)cc1. The fourth-order valence-electron chi connectivity index (χ4n) is 2.81. The van der Waals surface area contributed by atoms with Gasteiger partial charge in [0.05, 0.1) is 12.0 Å². The van der Waals surface area contributed by atoms with Crippen LogP contribution in [-0.2, 0) is 4.79 Å². The maximum absolute atomic E-state index is 12.4. The van der Waals surface area contributed by atoms with E-state index >= 15 is 0 Å². The number of hydrogen-bond donors (Lipinski definition) is 1. The molecule has 0 unspecified atom stereocenters. The van der Waals surface area contributed by atoms with E-state index < -0.39 is 6.36 Å². The molecule has 0 aliphatic rings. The zero-order chi connectivity index (χ0) is 22.6. The van der Waals surface area contributed by atoms with Crippen LogP contribution >= 0.6 is 11.8 Å². The highest BCUT2D eigenvalue weighted by Crippen LogP contribution is 2.28. The van der Waals surface area contributed by atoms with Gasteiger partial charge >= 0.3 is 6.36 Å². The lowest BCUT2D eigenvalue weighted by molar-refractivity contribution is -0.274. The molecule has 0 fully saturated rings. The lowest BCUT2D eigenvalue weighted by Crippen LogP contribution is -2.17. The molecule has 2 heterocycles. The number of alkyl halides is 3. The fourth-order valence-corrected chi connectivity index (χ4v) is 3.56. The highest BCUT2D eigenvalue weighted by atomic mass is 32.2. The average Bonchev–Trinajstić information content (AvgIpc) is 3.43. The van der Waals surface area contributed by atoms with Crippen molar-refractivity contribution < 1.29 is 27.1 Å². The Morgan fingerprint density at radius 2 is 1.78 bits per heavy atom. The number of rotatable bonds is 7. The lowest BCUT2D eigenvalue weighted by Gasteiger charge is -2.10. The van der Waals surface area contributed by atoms with E-state index in [9.17, 15) is 18.0 Å². The number of aromatic nitrogens is 3. The van der Waals surface area contributed by atoms with E-state index in [-0.39, 0.29) is 17.4 Å². The maximum Gasteiger partial charge on any atom is 0.573 e. The van der Waals surface area contributed by atoms with Gasteiger partial charge in [0, 0.05) is 11.4 Å². The molecule has 0 bridgehead atoms. The Bertz CT molecular complexity index is 1180. The van der Waals surface area contributed by atoms with Crippen molar-refractivity contribution >= 4 is 23.4 Å². The number of ether oxygens (including phenoxy) is 1. The molecular formula is C21H15F3N4O3S. The summed E-state index contributed by atoms with van der Waals surface area (Å²) in [6.07, 6.45) is -3.24. The van der Waals surface area contributed by atoms with E-state index in [0.717, 1.165) is 29.6 Å². The van der Waals surface area contributed by atoms with Crippen molar-refractivity contribution in [1.82, 2.24) is 14.8 Å². The van der Waals surface area contributed by atoms with Gasteiger partial charge in [-0.2, -0.15) is 0 Å². The first kappa shape index (κ1) is 21.5. The van der Waals surface area contributed by atoms with Gasteiger partial charge in [0.25, 0.3) is 0 Å². The first-order valence-electron chi connectivity index (χ1n) is 9.22. The number of anilines is 1. The van der Waals surface area contributed by atoms with E-state index in [4.69, 9.17) is 4.42 Å². The van der Waals surface area contributed by atoms with E-state index in [0.29, 0.717) is 22.4 Å². The molecule has 32 heavy (non-hydrogen) atoms. The predicted molar refractivity (Wildman–Crippen MR) is 112 cm³/mol. The third kappa shape index (κ3) is 5.30. The monoisotopic (exact) mass is 460 g/mol. The van der Waals surface area contributed by atoms with Gasteiger partial charge in [-0.15, -0.1) is 23.4 Å². The van der Waals surface area contributed by atoms with Crippen LogP contribution in [0.4, 0.5) is 18.9 Å². The molecule has 0 aliphatic heterocycles. The molecule has 0 saturated carbocycles. The summed E-state index contributed by atoms with van der Waals surface area (Å²) in [6.45, 7) is 0. The molecule has 2 aromatic carbocycles. The summed E-state index contributed by atoms with van der Waals surface area (Å²) >= 11 is 1.16. The van der Waals surface area contributed by atoms with Gasteiger partial charge in [-0.3, -0.25) is 9.36 Å². The van der Waals surface area contributed by atoms with Crippen LogP contribution in [0.5, 0.6) is 5.75 Å². The van der Waals surface area contributed by atoms with Crippen LogP contribution in [0.25, 0.3) is 17.3 Å². The van der Waals surface area contributed by atoms with Gasteiger partial charge in [0.2, 0.25) is 11.7 Å². The van der Waals surface area contributed by atoms with E-state index in [1.807, 2.05) is 30.3 Å². The van der Waals surface area contributed by atoms with Gasteiger partial charge in [-0.25, -0.2) is 0 Å². The van der Waals surface area contributed by atoms with Crippen molar-refractivity contribution in [2.45, 2.75) is 11.5 Å². The topological polar surface area (TPSA) is 82.2 Å². The first-order valence-corrected chi connectivity index (χ1v) is 10.2. The molecule has 0 saturated heterocycles. The molecule has 4 rings (SSSR count). The standard InChI is InChI=1S/C21H15F3N4O3S/c22-21(23,24)31-16-10-8-14(9-11-16)25-18(29)13-32-20-27-26-19(17-7-4-12-30-17)28(20)15-5-2-1-3-6-15/h1-12H,13H2,(H,25,29). The van der Waals surface area contributed by atoms with Crippen molar-refractivity contribution in [1.29, 1.82) is 0 Å². The molecule has 11 heteroatoms. The number of carbonyl (C=O) groups excluding carboxylic acids is 1. The Hall–Kier alpha value is -3.73. The lowest BCUT2D eigenvalue weighted by atomic mass is 10.3. The largest absolute Gasteiger partial charge is 0.573 e. The zero-order valence-corrected chi connectivity index (χ0v) is 17.1. The molecule has 0 atom stereocenters. The summed E-state index contributed by atoms with van der Waals surface area (Å²) in [5.74, 6) is 0.292. The summed E-state index contributed by atoms with van der Waals surface area (Å²) in [4.78, 5) is 12.4. The van der Waals surface area contributed by atoms with Crippen molar-refractivity contribution in [3.8, 4) is 23.0 Å². The van der Waals surface area contributed by atoms with E-state index in [1.54, 1.807) is 16.7 Å². The van der Waals surface area contributed by atoms with E-state index in [2.05, 4.69) is 20.3 Å². The van der Waals surface area contributed by atoms with Crippen molar-refractivity contribution in [3.63, 3.8) is 0 Å². The fraction of sp³-hybridized carbons (Fsp3) is 0.0952. The average molecular weight is 460 g/mol. The third-order valence-electron chi connectivity index (χ3n) is 4.09. The number of nitrogens with one attached hydrogen (secondary N) is 1. The Balaban J connectivity index is 1.45. The van der Waals surface area contributed by atoms with Crippen molar-refractivity contribution in [3.05, 3.63) is 73.0 Å². The molecule has 0 aliphatic carbocycles. The molecular weight excluding hydrogens is 445 g/mol. The quantitative estimate of drug-likeness (QED) is 0.384. The van der Waals surface area contributed by atoms with Crippen LogP contribution in [0.15, 0.2) is 82.6 Å². The minimum Gasteiger partial charge on any atom is -0.461 e. The summed E-state index contributed by atoms with van der Waals surface area (Å²) in [5.41, 5.74) is 1.14. The van der Waals surface area contributed by atoms with Gasteiger partial charge in [-0.05, 0) is 48.5 Å². The second kappa shape index (κ2) is 9.18. The number of amides is 1. The Kier molecular flexibility index (Phi) is 6.17. The zero-order valence-electron chi connectivity index (χ0n) is 16.2. The van der Waals surface area contributed by atoms with Crippen LogP contribution in [-0.4, -0.2) is 32.8 Å². The van der Waals surface area contributed by atoms with Crippen LogP contribution in [0.2, 0.25) is 0 Å². The van der Waals surface area contributed by atoms with Crippen LogP contribution in [0.1, 0.15) is 0 Å². The Morgan fingerprint density at radius 1 is 1.03 bits per heavy atom. The molecule has 7 nitrogen and oxygen atoms in total. The highest BCUT2D eigenvalue weighted by Gasteiger charge is 2.31. The summed E-state index contributed by atoms with van der Waals surface area (Å²) in [5, 5.41) is 11.5. The van der Waals surface area contributed by atoms with Gasteiger partial charge < -0.3 is 14.5 Å². The first-order chi connectivity index (χ1) is 15.4. The van der Waals surface area contributed by atoms with Gasteiger partial charge in [0.15, 0.2) is 10.9 Å². The van der Waals surface area contributed by atoms with Crippen LogP contribution < -0.4 is 10.1 Å².